The number of aromatic amines is 1. The van der Waals surface area contributed by atoms with Crippen molar-refractivity contribution in [3.05, 3.63) is 54.1 Å². The van der Waals surface area contributed by atoms with Gasteiger partial charge >= 0.3 is 0 Å². The highest BCUT2D eigenvalue weighted by atomic mass is 32.2. The van der Waals surface area contributed by atoms with Gasteiger partial charge in [-0.2, -0.15) is 9.46 Å². The third kappa shape index (κ3) is 3.29. The molecule has 1 fully saturated rings. The van der Waals surface area contributed by atoms with E-state index in [1.807, 2.05) is 13.0 Å². The number of rotatable bonds is 4. The molecule has 7 heteroatoms. The summed E-state index contributed by atoms with van der Waals surface area (Å²) in [6.45, 7) is 1.87. The minimum Gasteiger partial charge on any atom is -0.278 e. The van der Waals surface area contributed by atoms with Crippen LogP contribution in [-0.4, -0.2) is 31.4 Å². The standard InChI is InChI=1S/C22H21FN4OS/c1-3-29(2,28)27-22-18-11-19-15(12-24-26-19)10-17(18)20(21(25-22)14-4-5-14)13-6-8-16(23)9-7-13/h6-12,14H,3-5H2,1-2H3,(H,24,26). The third-order valence-corrected chi connectivity index (χ3v) is 7.11. The Balaban J connectivity index is 1.92. The van der Waals surface area contributed by atoms with E-state index in [-0.39, 0.29) is 5.82 Å². The number of benzene rings is 2. The number of nitrogens with one attached hydrogen (secondary N) is 1. The second kappa shape index (κ2) is 6.62. The molecule has 1 unspecified atom stereocenters. The fourth-order valence-electron chi connectivity index (χ4n) is 3.64. The smallest absolute Gasteiger partial charge is 0.169 e. The van der Waals surface area contributed by atoms with E-state index in [1.165, 1.54) is 12.1 Å². The second-order valence-corrected chi connectivity index (χ2v) is 10.3. The Hall–Kier alpha value is -2.80. The fourth-order valence-corrected chi connectivity index (χ4v) is 4.27. The van der Waals surface area contributed by atoms with E-state index >= 15 is 0 Å². The van der Waals surface area contributed by atoms with Crippen molar-refractivity contribution in [2.75, 3.05) is 12.0 Å². The van der Waals surface area contributed by atoms with Gasteiger partial charge < -0.3 is 0 Å². The zero-order chi connectivity index (χ0) is 20.2. The molecule has 0 saturated heterocycles. The molecule has 29 heavy (non-hydrogen) atoms. The second-order valence-electron chi connectivity index (χ2n) is 7.67. The Morgan fingerprint density at radius 3 is 2.66 bits per heavy atom. The van der Waals surface area contributed by atoms with Crippen LogP contribution < -0.4 is 0 Å². The normalized spacial score (nSPS) is 16.2. The Bertz CT molecular complexity index is 1360. The zero-order valence-corrected chi connectivity index (χ0v) is 17.1. The van der Waals surface area contributed by atoms with Crippen LogP contribution in [0.25, 0.3) is 32.8 Å². The molecule has 0 aliphatic heterocycles. The summed E-state index contributed by atoms with van der Waals surface area (Å²) in [6, 6.07) is 10.6. The highest BCUT2D eigenvalue weighted by Gasteiger charge is 2.30. The molecular formula is C22H21FN4OS. The third-order valence-electron chi connectivity index (χ3n) is 5.48. The van der Waals surface area contributed by atoms with Crippen LogP contribution in [-0.2, 0) is 9.73 Å². The highest BCUT2D eigenvalue weighted by Crippen LogP contribution is 2.48. The predicted octanol–water partition coefficient (Wildman–Crippen LogP) is 5.54. The largest absolute Gasteiger partial charge is 0.278 e. The van der Waals surface area contributed by atoms with Crippen molar-refractivity contribution in [3.63, 3.8) is 0 Å². The van der Waals surface area contributed by atoms with Crippen molar-refractivity contribution in [3.8, 4) is 11.1 Å². The maximum Gasteiger partial charge on any atom is 0.169 e. The van der Waals surface area contributed by atoms with Gasteiger partial charge in [-0.05, 0) is 48.1 Å². The van der Waals surface area contributed by atoms with Crippen molar-refractivity contribution in [1.82, 2.24) is 15.2 Å². The van der Waals surface area contributed by atoms with Crippen molar-refractivity contribution in [1.29, 1.82) is 0 Å². The number of aromatic nitrogens is 3. The first kappa shape index (κ1) is 18.2. The van der Waals surface area contributed by atoms with Crippen LogP contribution in [0.1, 0.15) is 31.4 Å². The maximum absolute atomic E-state index is 13.6. The minimum absolute atomic E-state index is 0.267. The van der Waals surface area contributed by atoms with Crippen LogP contribution in [0.2, 0.25) is 0 Å². The highest BCUT2D eigenvalue weighted by molar-refractivity contribution is 7.93. The summed E-state index contributed by atoms with van der Waals surface area (Å²) in [6.07, 6.45) is 5.58. The lowest BCUT2D eigenvalue weighted by molar-refractivity contribution is 0.628. The van der Waals surface area contributed by atoms with Gasteiger partial charge in [-0.25, -0.2) is 13.6 Å². The number of hydrogen-bond acceptors (Lipinski definition) is 4. The van der Waals surface area contributed by atoms with Crippen LogP contribution in [0.3, 0.4) is 0 Å². The Labute approximate surface area is 168 Å². The monoisotopic (exact) mass is 408 g/mol. The molecule has 0 bridgehead atoms. The van der Waals surface area contributed by atoms with E-state index < -0.39 is 9.73 Å². The molecule has 2 aromatic carbocycles. The molecule has 1 atom stereocenters. The number of fused-ring (bicyclic) bond motifs is 2. The van der Waals surface area contributed by atoms with Crippen LogP contribution in [0.4, 0.5) is 10.2 Å². The first-order chi connectivity index (χ1) is 13.9. The lowest BCUT2D eigenvalue weighted by atomic mass is 9.94. The van der Waals surface area contributed by atoms with Crippen LogP contribution in [0.5, 0.6) is 0 Å². The summed E-state index contributed by atoms with van der Waals surface area (Å²) in [5, 5.41) is 9.92. The molecule has 1 saturated carbocycles. The number of nitrogens with zero attached hydrogens (tertiary/aromatic N) is 3. The Morgan fingerprint density at radius 2 is 1.97 bits per heavy atom. The molecular weight excluding hydrogens is 387 g/mol. The van der Waals surface area contributed by atoms with Crippen molar-refractivity contribution >= 4 is 37.2 Å². The Morgan fingerprint density at radius 1 is 1.21 bits per heavy atom. The van der Waals surface area contributed by atoms with Crippen LogP contribution >= 0.6 is 0 Å². The van der Waals surface area contributed by atoms with E-state index in [2.05, 4.69) is 20.6 Å². The SMILES string of the molecule is CCS(C)(=O)=Nc1nc(C2CC2)c(-c2ccc(F)cc2)c2cc3cn[nH]c3cc12. The Kier molecular flexibility index (Phi) is 4.17. The number of halogens is 1. The van der Waals surface area contributed by atoms with Gasteiger partial charge in [0.15, 0.2) is 5.82 Å². The molecule has 2 aromatic heterocycles. The van der Waals surface area contributed by atoms with Gasteiger partial charge in [0.25, 0.3) is 0 Å². The molecule has 148 valence electrons. The summed E-state index contributed by atoms with van der Waals surface area (Å²) in [5.41, 5.74) is 3.76. The maximum atomic E-state index is 13.6. The molecule has 0 spiro atoms. The predicted molar refractivity (Wildman–Crippen MR) is 115 cm³/mol. The summed E-state index contributed by atoms with van der Waals surface area (Å²) < 4.78 is 30.9. The molecule has 1 N–H and O–H groups in total. The van der Waals surface area contributed by atoms with Gasteiger partial charge in [0.05, 0.1) is 27.1 Å². The minimum atomic E-state index is -2.37. The molecule has 1 aliphatic carbocycles. The summed E-state index contributed by atoms with van der Waals surface area (Å²) in [4.78, 5) is 4.91. The first-order valence-electron chi connectivity index (χ1n) is 9.71. The van der Waals surface area contributed by atoms with Gasteiger partial charge in [0.2, 0.25) is 0 Å². The molecule has 5 rings (SSSR count). The quantitative estimate of drug-likeness (QED) is 0.482. The van der Waals surface area contributed by atoms with E-state index in [0.29, 0.717) is 17.5 Å². The summed E-state index contributed by atoms with van der Waals surface area (Å²) in [7, 11) is -2.37. The fraction of sp³-hybridized carbons (Fsp3) is 0.273. The molecule has 2 heterocycles. The van der Waals surface area contributed by atoms with Crippen molar-refractivity contribution < 1.29 is 8.60 Å². The molecule has 5 nitrogen and oxygen atoms in total. The van der Waals surface area contributed by atoms with E-state index in [4.69, 9.17) is 4.98 Å². The van der Waals surface area contributed by atoms with Crippen LogP contribution in [0.15, 0.2) is 47.0 Å². The van der Waals surface area contributed by atoms with E-state index in [0.717, 1.165) is 51.3 Å². The van der Waals surface area contributed by atoms with Gasteiger partial charge in [0, 0.05) is 34.3 Å². The van der Waals surface area contributed by atoms with Crippen molar-refractivity contribution in [2.24, 2.45) is 4.36 Å². The zero-order valence-electron chi connectivity index (χ0n) is 16.3. The molecule has 0 amide bonds. The van der Waals surface area contributed by atoms with E-state index in [1.54, 1.807) is 24.6 Å². The number of H-pyrrole nitrogens is 1. The first-order valence-corrected chi connectivity index (χ1v) is 11.8. The van der Waals surface area contributed by atoms with Crippen molar-refractivity contribution in [2.45, 2.75) is 25.7 Å². The number of pyridine rings is 1. The van der Waals surface area contributed by atoms with Gasteiger partial charge in [-0.3, -0.25) is 5.10 Å². The lowest BCUT2D eigenvalue weighted by Gasteiger charge is -2.15. The van der Waals surface area contributed by atoms with Gasteiger partial charge in [-0.15, -0.1) is 0 Å². The molecule has 1 aliphatic rings. The van der Waals surface area contributed by atoms with E-state index in [9.17, 15) is 8.60 Å². The summed E-state index contributed by atoms with van der Waals surface area (Å²) in [5.74, 6) is 1.05. The summed E-state index contributed by atoms with van der Waals surface area (Å²) >= 11 is 0. The number of hydrogen-bond donors (Lipinski definition) is 1. The topological polar surface area (TPSA) is 71.0 Å². The average Bonchev–Trinajstić information content (AvgIpc) is 3.45. The van der Waals surface area contributed by atoms with Crippen LogP contribution in [0, 0.1) is 5.82 Å². The lowest BCUT2D eigenvalue weighted by Crippen LogP contribution is -2.01. The average molecular weight is 409 g/mol. The van der Waals surface area contributed by atoms with Gasteiger partial charge in [-0.1, -0.05) is 19.1 Å². The molecule has 4 aromatic rings. The molecule has 0 radical (unpaired) electrons. The van der Waals surface area contributed by atoms with Gasteiger partial charge in [0.1, 0.15) is 5.82 Å².